The van der Waals surface area contributed by atoms with E-state index in [1.54, 1.807) is 31.2 Å². The molecule has 2 N–H and O–H groups in total. The molecule has 0 aliphatic heterocycles. The molecule has 25 heavy (non-hydrogen) atoms. The Bertz CT molecular complexity index is 900. The van der Waals surface area contributed by atoms with Crippen LogP contribution in [-0.4, -0.2) is 26.9 Å². The third-order valence-corrected chi connectivity index (χ3v) is 3.46. The molecule has 3 aromatic rings. The van der Waals surface area contributed by atoms with Crippen LogP contribution in [0.15, 0.2) is 36.4 Å². The maximum absolute atomic E-state index is 13.5. The molecule has 0 saturated heterocycles. The lowest BCUT2D eigenvalue weighted by atomic mass is 10.1. The van der Waals surface area contributed by atoms with Crippen LogP contribution in [0.5, 0.6) is 5.75 Å². The number of nitrogen functional groups attached to an aromatic ring is 1. The van der Waals surface area contributed by atoms with Crippen molar-refractivity contribution >= 4 is 5.95 Å². The Hall–Kier alpha value is -3.10. The molecule has 2 heterocycles. The summed E-state index contributed by atoms with van der Waals surface area (Å²) in [5, 5.41) is 4.08. The molecule has 0 unspecified atom stereocenters. The number of methoxy groups -OCH3 is 1. The Balaban J connectivity index is 2.23. The van der Waals surface area contributed by atoms with Crippen molar-refractivity contribution in [3.05, 3.63) is 47.8 Å². The molecule has 0 radical (unpaired) electrons. The van der Waals surface area contributed by atoms with Gasteiger partial charge in [0.25, 0.3) is 0 Å². The van der Waals surface area contributed by atoms with E-state index in [-0.39, 0.29) is 17.5 Å². The smallest absolute Gasteiger partial charge is 0.433 e. The predicted octanol–water partition coefficient (Wildman–Crippen LogP) is 3.25. The van der Waals surface area contributed by atoms with Gasteiger partial charge in [-0.1, -0.05) is 12.1 Å². The second-order valence-electron chi connectivity index (χ2n) is 5.25. The first-order chi connectivity index (χ1) is 11.8. The minimum Gasteiger partial charge on any atom is -0.496 e. The molecule has 0 aliphatic rings. The number of anilines is 1. The van der Waals surface area contributed by atoms with E-state index in [4.69, 9.17) is 10.5 Å². The van der Waals surface area contributed by atoms with E-state index in [0.717, 1.165) is 6.07 Å². The molecule has 1 aromatic carbocycles. The first-order valence-electron chi connectivity index (χ1n) is 7.22. The lowest BCUT2D eigenvalue weighted by Crippen LogP contribution is -2.15. The average molecular weight is 349 g/mol. The van der Waals surface area contributed by atoms with E-state index in [1.165, 1.54) is 13.2 Å². The highest BCUT2D eigenvalue weighted by atomic mass is 19.4. The van der Waals surface area contributed by atoms with Crippen molar-refractivity contribution in [3.63, 3.8) is 0 Å². The number of alkyl halides is 3. The molecule has 2 aromatic heterocycles. The van der Waals surface area contributed by atoms with Gasteiger partial charge < -0.3 is 10.5 Å². The zero-order valence-electron chi connectivity index (χ0n) is 13.4. The number of hydrogen-bond donors (Lipinski definition) is 1. The molecule has 130 valence electrons. The maximum Gasteiger partial charge on any atom is 0.433 e. The summed E-state index contributed by atoms with van der Waals surface area (Å²) in [6, 6.07) is 9.02. The van der Waals surface area contributed by atoms with Crippen LogP contribution in [0.3, 0.4) is 0 Å². The standard InChI is InChI=1S/C16H14F3N5O/c1-9-7-14(22-15(20)21-9)24-13(16(17,18)19)8-11(23-24)10-5-3-4-6-12(10)25-2/h3-8H,1-2H3,(H2,20,21,22). The molecule has 0 amide bonds. The molecular formula is C16H14F3N5O. The van der Waals surface area contributed by atoms with E-state index in [2.05, 4.69) is 15.1 Å². The third-order valence-electron chi connectivity index (χ3n) is 3.46. The number of aryl methyl sites for hydroxylation is 1. The van der Waals surface area contributed by atoms with Gasteiger partial charge in [0.05, 0.1) is 12.8 Å². The number of nitrogens with two attached hydrogens (primary N) is 1. The molecule has 0 bridgehead atoms. The summed E-state index contributed by atoms with van der Waals surface area (Å²) in [5.41, 5.74) is 5.57. The van der Waals surface area contributed by atoms with Crippen molar-refractivity contribution < 1.29 is 17.9 Å². The summed E-state index contributed by atoms with van der Waals surface area (Å²) >= 11 is 0. The van der Waals surface area contributed by atoms with Gasteiger partial charge in [-0.2, -0.15) is 23.3 Å². The Morgan fingerprint density at radius 2 is 1.84 bits per heavy atom. The predicted molar refractivity (Wildman–Crippen MR) is 85.3 cm³/mol. The Morgan fingerprint density at radius 1 is 1.12 bits per heavy atom. The Morgan fingerprint density at radius 3 is 2.48 bits per heavy atom. The lowest BCUT2D eigenvalue weighted by molar-refractivity contribution is -0.142. The fourth-order valence-corrected chi connectivity index (χ4v) is 2.43. The molecule has 3 rings (SSSR count). The molecule has 0 spiro atoms. The summed E-state index contributed by atoms with van der Waals surface area (Å²) in [4.78, 5) is 7.73. The Kier molecular flexibility index (Phi) is 4.07. The molecule has 0 fully saturated rings. The quantitative estimate of drug-likeness (QED) is 0.785. The molecule has 9 heteroatoms. The summed E-state index contributed by atoms with van der Waals surface area (Å²) in [6.07, 6.45) is -4.62. The first-order valence-corrected chi connectivity index (χ1v) is 7.22. The van der Waals surface area contributed by atoms with Crippen LogP contribution >= 0.6 is 0 Å². The first kappa shape index (κ1) is 16.7. The largest absolute Gasteiger partial charge is 0.496 e. The zero-order valence-corrected chi connectivity index (χ0v) is 13.4. The topological polar surface area (TPSA) is 78.9 Å². The monoisotopic (exact) mass is 349 g/mol. The van der Waals surface area contributed by atoms with Crippen molar-refractivity contribution in [1.82, 2.24) is 19.7 Å². The van der Waals surface area contributed by atoms with E-state index in [0.29, 0.717) is 21.7 Å². The molecular weight excluding hydrogens is 335 g/mol. The number of halogens is 3. The van der Waals surface area contributed by atoms with Crippen LogP contribution in [0, 0.1) is 6.92 Å². The number of rotatable bonds is 3. The number of hydrogen-bond acceptors (Lipinski definition) is 5. The van der Waals surface area contributed by atoms with Gasteiger partial charge in [0, 0.05) is 17.3 Å². The van der Waals surface area contributed by atoms with Gasteiger partial charge in [0.15, 0.2) is 11.5 Å². The van der Waals surface area contributed by atoms with Crippen LogP contribution in [-0.2, 0) is 6.18 Å². The molecule has 6 nitrogen and oxygen atoms in total. The number of ether oxygens (including phenoxy) is 1. The number of benzene rings is 1. The third kappa shape index (κ3) is 3.25. The van der Waals surface area contributed by atoms with Gasteiger partial charge in [-0.05, 0) is 25.1 Å². The highest BCUT2D eigenvalue weighted by molar-refractivity contribution is 5.67. The van der Waals surface area contributed by atoms with Gasteiger partial charge in [0.2, 0.25) is 5.95 Å². The van der Waals surface area contributed by atoms with Gasteiger partial charge in [-0.15, -0.1) is 0 Å². The van der Waals surface area contributed by atoms with Crippen molar-refractivity contribution in [1.29, 1.82) is 0 Å². The van der Waals surface area contributed by atoms with E-state index >= 15 is 0 Å². The summed E-state index contributed by atoms with van der Waals surface area (Å²) < 4.78 is 46.4. The second-order valence-corrected chi connectivity index (χ2v) is 5.25. The minimum atomic E-state index is -4.62. The molecule has 0 saturated carbocycles. The van der Waals surface area contributed by atoms with Gasteiger partial charge in [-0.25, -0.2) is 9.67 Å². The highest BCUT2D eigenvalue weighted by Crippen LogP contribution is 2.36. The summed E-state index contributed by atoms with van der Waals surface area (Å²) in [7, 11) is 1.44. The zero-order chi connectivity index (χ0) is 18.2. The highest BCUT2D eigenvalue weighted by Gasteiger charge is 2.37. The number of nitrogens with zero attached hydrogens (tertiary/aromatic N) is 4. The van der Waals surface area contributed by atoms with Crippen LogP contribution in [0.4, 0.5) is 19.1 Å². The normalized spacial score (nSPS) is 11.6. The average Bonchev–Trinajstić information content (AvgIpc) is 2.99. The number of para-hydroxylation sites is 1. The van der Waals surface area contributed by atoms with Crippen molar-refractivity contribution in [2.75, 3.05) is 12.8 Å². The lowest BCUT2D eigenvalue weighted by Gasteiger charge is -2.10. The van der Waals surface area contributed by atoms with E-state index in [9.17, 15) is 13.2 Å². The van der Waals surface area contributed by atoms with Crippen LogP contribution < -0.4 is 10.5 Å². The van der Waals surface area contributed by atoms with Gasteiger partial charge >= 0.3 is 6.18 Å². The second kappa shape index (κ2) is 6.08. The van der Waals surface area contributed by atoms with Crippen LogP contribution in [0.1, 0.15) is 11.4 Å². The van der Waals surface area contributed by atoms with E-state index in [1.807, 2.05) is 0 Å². The van der Waals surface area contributed by atoms with Crippen molar-refractivity contribution in [2.45, 2.75) is 13.1 Å². The van der Waals surface area contributed by atoms with Crippen LogP contribution in [0.25, 0.3) is 17.1 Å². The fourth-order valence-electron chi connectivity index (χ4n) is 2.43. The van der Waals surface area contributed by atoms with Crippen LogP contribution in [0.2, 0.25) is 0 Å². The number of aromatic nitrogens is 4. The molecule has 0 atom stereocenters. The summed E-state index contributed by atoms with van der Waals surface area (Å²) in [5.74, 6) is 0.232. The van der Waals surface area contributed by atoms with Gasteiger partial charge in [-0.3, -0.25) is 0 Å². The van der Waals surface area contributed by atoms with Crippen molar-refractivity contribution in [3.8, 4) is 22.8 Å². The maximum atomic E-state index is 13.5. The minimum absolute atomic E-state index is 0.0570. The fraction of sp³-hybridized carbons (Fsp3) is 0.188. The SMILES string of the molecule is COc1ccccc1-c1cc(C(F)(F)F)n(-c2cc(C)nc(N)n2)n1. The van der Waals surface area contributed by atoms with E-state index < -0.39 is 11.9 Å². The Labute approximate surface area is 141 Å². The van der Waals surface area contributed by atoms with Gasteiger partial charge in [0.1, 0.15) is 5.75 Å². The molecule has 0 aliphatic carbocycles. The van der Waals surface area contributed by atoms with Crippen molar-refractivity contribution in [2.24, 2.45) is 0 Å². The summed E-state index contributed by atoms with van der Waals surface area (Å²) in [6.45, 7) is 1.61.